The number of benzene rings is 3. The van der Waals surface area contributed by atoms with Crippen LogP contribution in [-0.2, 0) is 0 Å². The molecule has 0 saturated carbocycles. The van der Waals surface area contributed by atoms with Gasteiger partial charge in [-0.05, 0) is 42.5 Å². The minimum Gasteiger partial charge on any atom is -0.493 e. The lowest BCUT2D eigenvalue weighted by atomic mass is 10.0. The molecule has 0 spiro atoms. The fraction of sp³-hybridized carbons (Fsp3) is 0.174. The van der Waals surface area contributed by atoms with Gasteiger partial charge < -0.3 is 19.5 Å². The van der Waals surface area contributed by atoms with Crippen LogP contribution in [0.2, 0.25) is 0 Å². The van der Waals surface area contributed by atoms with E-state index in [9.17, 15) is 4.79 Å². The van der Waals surface area contributed by atoms with E-state index in [0.29, 0.717) is 22.8 Å². The van der Waals surface area contributed by atoms with E-state index in [1.54, 1.807) is 26.2 Å². The van der Waals surface area contributed by atoms with Gasteiger partial charge in [-0.2, -0.15) is 0 Å². The van der Waals surface area contributed by atoms with E-state index in [-0.39, 0.29) is 5.91 Å². The number of ether oxygens (including phenoxy) is 3. The van der Waals surface area contributed by atoms with Crippen LogP contribution in [0.5, 0.6) is 17.2 Å². The molecule has 0 aromatic heterocycles. The van der Waals surface area contributed by atoms with Gasteiger partial charge in [0.05, 0.1) is 26.9 Å². The van der Waals surface area contributed by atoms with Crippen molar-refractivity contribution in [1.29, 1.82) is 0 Å². The summed E-state index contributed by atoms with van der Waals surface area (Å²) in [5, 5.41) is 3.49. The Balaban J connectivity index is 1.91. The number of fused-ring (bicyclic) bond motifs is 1. The maximum absolute atomic E-state index is 13.5. The third-order valence-electron chi connectivity index (χ3n) is 5.02. The van der Waals surface area contributed by atoms with Crippen LogP contribution in [0.25, 0.3) is 0 Å². The summed E-state index contributed by atoms with van der Waals surface area (Å²) in [4.78, 5) is 15.3. The number of methoxy groups -OCH3 is 3. The number of halogens is 1. The number of nitrogens with one attached hydrogen (secondary N) is 1. The number of carbonyl (C=O) groups excluding carboxylic acids is 1. The molecule has 1 amide bonds. The van der Waals surface area contributed by atoms with Crippen LogP contribution in [0.3, 0.4) is 0 Å². The fourth-order valence-electron chi connectivity index (χ4n) is 3.64. The van der Waals surface area contributed by atoms with E-state index in [1.165, 1.54) is 0 Å². The molecule has 3 aromatic carbocycles. The Hall–Kier alpha value is -3.19. The van der Waals surface area contributed by atoms with Crippen molar-refractivity contribution >= 4 is 33.2 Å². The lowest BCUT2D eigenvalue weighted by Crippen LogP contribution is -2.43. The van der Waals surface area contributed by atoms with Gasteiger partial charge in [0.2, 0.25) is 5.75 Å². The SMILES string of the molecule is COc1cc([C@H]2Nc3ccccc3C(=O)N2c2cccc(Br)c2)cc(OC)c1OC. The number of hydrogen-bond acceptors (Lipinski definition) is 5. The van der Waals surface area contributed by atoms with Gasteiger partial charge in [0, 0.05) is 21.4 Å². The molecular weight excluding hydrogens is 448 g/mol. The van der Waals surface area contributed by atoms with Crippen molar-refractivity contribution in [2.75, 3.05) is 31.5 Å². The standard InChI is InChI=1S/C23H21BrN2O4/c1-28-19-11-14(12-20(29-2)21(19)30-3)22-25-18-10-5-4-9-17(18)23(27)26(22)16-8-6-7-15(24)13-16/h4-13,22,25H,1-3H3/t22-/m0/s1. The van der Waals surface area contributed by atoms with Crippen molar-refractivity contribution in [1.82, 2.24) is 0 Å². The smallest absolute Gasteiger partial charge is 0.262 e. The highest BCUT2D eigenvalue weighted by Crippen LogP contribution is 2.43. The lowest BCUT2D eigenvalue weighted by Gasteiger charge is -2.38. The minimum absolute atomic E-state index is 0.0961. The molecule has 4 rings (SSSR count). The summed E-state index contributed by atoms with van der Waals surface area (Å²) in [5.41, 5.74) is 2.94. The Bertz CT molecular complexity index is 1080. The van der Waals surface area contributed by atoms with Crippen molar-refractivity contribution < 1.29 is 19.0 Å². The second-order valence-electron chi connectivity index (χ2n) is 6.71. The fourth-order valence-corrected chi connectivity index (χ4v) is 4.03. The normalized spacial score (nSPS) is 15.3. The van der Waals surface area contributed by atoms with Crippen molar-refractivity contribution in [2.45, 2.75) is 6.17 Å². The summed E-state index contributed by atoms with van der Waals surface area (Å²) in [7, 11) is 4.70. The third-order valence-corrected chi connectivity index (χ3v) is 5.51. The largest absolute Gasteiger partial charge is 0.493 e. The zero-order valence-corrected chi connectivity index (χ0v) is 18.4. The maximum Gasteiger partial charge on any atom is 0.262 e. The topological polar surface area (TPSA) is 60.0 Å². The Labute approximate surface area is 183 Å². The molecule has 0 fully saturated rings. The Morgan fingerprint density at radius 2 is 1.60 bits per heavy atom. The number of hydrogen-bond donors (Lipinski definition) is 1. The third kappa shape index (κ3) is 3.45. The molecular formula is C23H21BrN2O4. The molecule has 1 aliphatic heterocycles. The average Bonchev–Trinajstić information content (AvgIpc) is 2.77. The highest BCUT2D eigenvalue weighted by atomic mass is 79.9. The number of para-hydroxylation sites is 1. The first-order chi connectivity index (χ1) is 14.6. The maximum atomic E-state index is 13.5. The van der Waals surface area contributed by atoms with Crippen LogP contribution in [0.15, 0.2) is 65.1 Å². The van der Waals surface area contributed by atoms with Crippen molar-refractivity contribution in [2.24, 2.45) is 0 Å². The molecule has 1 atom stereocenters. The molecule has 0 unspecified atom stereocenters. The first-order valence-electron chi connectivity index (χ1n) is 9.32. The van der Waals surface area contributed by atoms with Crippen LogP contribution in [-0.4, -0.2) is 27.2 Å². The summed E-state index contributed by atoms with van der Waals surface area (Å²) in [6.07, 6.45) is -0.476. The molecule has 7 heteroatoms. The van der Waals surface area contributed by atoms with Crippen molar-refractivity contribution in [3.63, 3.8) is 0 Å². The second kappa shape index (κ2) is 8.28. The molecule has 154 valence electrons. The molecule has 30 heavy (non-hydrogen) atoms. The van der Waals surface area contributed by atoms with E-state index in [4.69, 9.17) is 14.2 Å². The number of rotatable bonds is 5. The highest BCUT2D eigenvalue weighted by molar-refractivity contribution is 9.10. The van der Waals surface area contributed by atoms with Gasteiger partial charge in [-0.25, -0.2) is 0 Å². The Kier molecular flexibility index (Phi) is 5.55. The summed E-state index contributed by atoms with van der Waals surface area (Å²) in [6.45, 7) is 0. The monoisotopic (exact) mass is 468 g/mol. The van der Waals surface area contributed by atoms with Gasteiger partial charge in [0.1, 0.15) is 6.17 Å². The number of anilines is 2. The van der Waals surface area contributed by atoms with Gasteiger partial charge >= 0.3 is 0 Å². The number of carbonyl (C=O) groups is 1. The quantitative estimate of drug-likeness (QED) is 0.554. The zero-order valence-electron chi connectivity index (χ0n) is 16.8. The molecule has 1 N–H and O–H groups in total. The Morgan fingerprint density at radius 3 is 2.23 bits per heavy atom. The van der Waals surface area contributed by atoms with Crippen molar-refractivity contribution in [3.8, 4) is 17.2 Å². The van der Waals surface area contributed by atoms with E-state index >= 15 is 0 Å². The molecule has 0 radical (unpaired) electrons. The van der Waals surface area contributed by atoms with Gasteiger partial charge in [-0.3, -0.25) is 9.69 Å². The van der Waals surface area contributed by atoms with E-state index < -0.39 is 6.17 Å². The average molecular weight is 469 g/mol. The second-order valence-corrected chi connectivity index (χ2v) is 7.62. The van der Waals surface area contributed by atoms with Gasteiger partial charge in [0.25, 0.3) is 5.91 Å². The van der Waals surface area contributed by atoms with Crippen LogP contribution in [0.4, 0.5) is 11.4 Å². The van der Waals surface area contributed by atoms with Crippen LogP contribution < -0.4 is 24.4 Å². The summed E-state index contributed by atoms with van der Waals surface area (Å²) >= 11 is 3.51. The zero-order chi connectivity index (χ0) is 21.3. The molecule has 0 bridgehead atoms. The summed E-state index contributed by atoms with van der Waals surface area (Å²) in [6, 6.07) is 18.8. The molecule has 1 aliphatic rings. The highest BCUT2D eigenvalue weighted by Gasteiger charge is 2.35. The number of amides is 1. The molecule has 0 aliphatic carbocycles. The van der Waals surface area contributed by atoms with Crippen LogP contribution in [0, 0.1) is 0 Å². The molecule has 6 nitrogen and oxygen atoms in total. The van der Waals surface area contributed by atoms with E-state index in [2.05, 4.69) is 21.2 Å². The van der Waals surface area contributed by atoms with Gasteiger partial charge in [0.15, 0.2) is 11.5 Å². The van der Waals surface area contributed by atoms with Crippen molar-refractivity contribution in [3.05, 3.63) is 76.3 Å². The number of nitrogens with zero attached hydrogens (tertiary/aromatic N) is 1. The first kappa shape index (κ1) is 20.1. The van der Waals surface area contributed by atoms with Gasteiger partial charge in [-0.1, -0.05) is 34.1 Å². The molecule has 1 heterocycles. The van der Waals surface area contributed by atoms with E-state index in [0.717, 1.165) is 21.4 Å². The first-order valence-corrected chi connectivity index (χ1v) is 10.1. The van der Waals surface area contributed by atoms with Crippen LogP contribution in [0.1, 0.15) is 22.1 Å². The summed E-state index contributed by atoms with van der Waals surface area (Å²) < 4.78 is 17.4. The predicted octanol–water partition coefficient (Wildman–Crippen LogP) is 5.25. The summed E-state index contributed by atoms with van der Waals surface area (Å²) in [5.74, 6) is 1.45. The Morgan fingerprint density at radius 1 is 0.900 bits per heavy atom. The van der Waals surface area contributed by atoms with Gasteiger partial charge in [-0.15, -0.1) is 0 Å². The molecule has 0 saturated heterocycles. The predicted molar refractivity (Wildman–Crippen MR) is 120 cm³/mol. The minimum atomic E-state index is -0.476. The lowest BCUT2D eigenvalue weighted by molar-refractivity contribution is 0.0975. The van der Waals surface area contributed by atoms with E-state index in [1.807, 2.05) is 60.7 Å². The molecule has 3 aromatic rings. The van der Waals surface area contributed by atoms with Crippen LogP contribution >= 0.6 is 15.9 Å².